The van der Waals surface area contributed by atoms with E-state index >= 15 is 0 Å². The maximum Gasteiger partial charge on any atom is 0.229 e. The van der Waals surface area contributed by atoms with Gasteiger partial charge in [-0.25, -0.2) is 0 Å². The average molecular weight is 335 g/mol. The van der Waals surface area contributed by atoms with Crippen LogP contribution in [-0.2, 0) is 4.79 Å². The van der Waals surface area contributed by atoms with Crippen molar-refractivity contribution in [1.29, 1.82) is 0 Å². The molecule has 1 amide bonds. The largest absolute Gasteiger partial charge is 0.390 e. The Kier molecular flexibility index (Phi) is 4.61. The first-order valence-corrected chi connectivity index (χ1v) is 10.1. The minimum Gasteiger partial charge on any atom is -0.390 e. The number of likely N-dealkylation sites (tertiary alicyclic amines) is 1. The number of aliphatic hydroxyl groups is 1. The van der Waals surface area contributed by atoms with Gasteiger partial charge in [-0.15, -0.1) is 0 Å². The monoisotopic (exact) mass is 335 g/mol. The van der Waals surface area contributed by atoms with E-state index in [9.17, 15) is 9.90 Å². The molecule has 2 atom stereocenters. The predicted molar refractivity (Wildman–Crippen MR) is 93.7 cm³/mol. The number of carbonyl (C=O) groups is 1. The lowest BCUT2D eigenvalue weighted by Crippen LogP contribution is -2.49. The van der Waals surface area contributed by atoms with Crippen LogP contribution in [0.1, 0.15) is 57.8 Å². The van der Waals surface area contributed by atoms with Crippen LogP contribution in [0.3, 0.4) is 0 Å². The van der Waals surface area contributed by atoms with E-state index in [1.165, 1.54) is 25.7 Å². The highest BCUT2D eigenvalue weighted by Gasteiger charge is 2.55. The third kappa shape index (κ3) is 2.99. The summed E-state index contributed by atoms with van der Waals surface area (Å²) < 4.78 is 0. The Hall–Kier alpha value is -0.650. The molecule has 2 aliphatic carbocycles. The predicted octanol–water partition coefficient (Wildman–Crippen LogP) is 1.26. The maximum absolute atomic E-state index is 13.0. The van der Waals surface area contributed by atoms with Gasteiger partial charge in [-0.2, -0.15) is 0 Å². The molecular formula is C19H33N3O2. The van der Waals surface area contributed by atoms with Gasteiger partial charge in [0.25, 0.3) is 0 Å². The number of fused-ring (bicyclic) bond motifs is 1. The number of hydrogen-bond donors (Lipinski definition) is 3. The summed E-state index contributed by atoms with van der Waals surface area (Å²) >= 11 is 0. The summed E-state index contributed by atoms with van der Waals surface area (Å²) in [6.45, 7) is 4.41. The van der Waals surface area contributed by atoms with Crippen LogP contribution in [0.4, 0.5) is 0 Å². The van der Waals surface area contributed by atoms with Crippen molar-refractivity contribution < 1.29 is 9.90 Å². The van der Waals surface area contributed by atoms with Gasteiger partial charge in [0.15, 0.2) is 0 Å². The molecule has 0 aromatic rings. The quantitative estimate of drug-likeness (QED) is 0.708. The number of carbonyl (C=O) groups excluding carboxylic acids is 1. The molecule has 2 heterocycles. The van der Waals surface area contributed by atoms with Gasteiger partial charge in [-0.05, 0) is 32.1 Å². The van der Waals surface area contributed by atoms with E-state index in [1.807, 2.05) is 0 Å². The number of rotatable bonds is 5. The maximum atomic E-state index is 13.0. The first-order valence-electron chi connectivity index (χ1n) is 10.1. The van der Waals surface area contributed by atoms with Gasteiger partial charge in [-0.3, -0.25) is 9.69 Å². The van der Waals surface area contributed by atoms with Crippen molar-refractivity contribution in [3.63, 3.8) is 0 Å². The molecule has 0 bridgehead atoms. The fourth-order valence-corrected chi connectivity index (χ4v) is 5.70. The Bertz CT molecular complexity index is 471. The fourth-order valence-electron chi connectivity index (χ4n) is 5.70. The van der Waals surface area contributed by atoms with Crippen LogP contribution in [0.15, 0.2) is 0 Å². The Morgan fingerprint density at radius 2 is 1.96 bits per heavy atom. The minimum atomic E-state index is -0.524. The highest BCUT2D eigenvalue weighted by molar-refractivity contribution is 5.84. The van der Waals surface area contributed by atoms with E-state index in [4.69, 9.17) is 0 Å². The SMILES string of the molecule is O=C(NCCC1(O)CCCC1)[C@@]12CNC[C@@H]1CN(C1CCCC1)C2. The molecule has 2 aliphatic heterocycles. The molecule has 5 heteroatoms. The van der Waals surface area contributed by atoms with Gasteiger partial charge >= 0.3 is 0 Å². The molecule has 4 fully saturated rings. The lowest BCUT2D eigenvalue weighted by molar-refractivity contribution is -0.131. The second kappa shape index (κ2) is 6.58. The highest BCUT2D eigenvalue weighted by atomic mass is 16.3. The molecule has 0 spiro atoms. The fraction of sp³-hybridized carbons (Fsp3) is 0.947. The van der Waals surface area contributed by atoms with Crippen molar-refractivity contribution in [2.24, 2.45) is 11.3 Å². The summed E-state index contributed by atoms with van der Waals surface area (Å²) in [6.07, 6.45) is 10.1. The van der Waals surface area contributed by atoms with Crippen LogP contribution >= 0.6 is 0 Å². The van der Waals surface area contributed by atoms with Gasteiger partial charge in [0.05, 0.1) is 11.0 Å². The number of amides is 1. The second-order valence-corrected chi connectivity index (χ2v) is 8.79. The van der Waals surface area contributed by atoms with Crippen LogP contribution < -0.4 is 10.6 Å². The van der Waals surface area contributed by atoms with E-state index < -0.39 is 5.60 Å². The third-order valence-electron chi connectivity index (χ3n) is 7.26. The van der Waals surface area contributed by atoms with Crippen molar-refractivity contribution in [3.05, 3.63) is 0 Å². The zero-order chi connectivity index (χ0) is 16.6. The van der Waals surface area contributed by atoms with Crippen molar-refractivity contribution >= 4 is 5.91 Å². The number of nitrogens with zero attached hydrogens (tertiary/aromatic N) is 1. The van der Waals surface area contributed by atoms with Crippen molar-refractivity contribution in [2.75, 3.05) is 32.7 Å². The second-order valence-electron chi connectivity index (χ2n) is 8.79. The molecule has 2 saturated heterocycles. The summed E-state index contributed by atoms with van der Waals surface area (Å²) in [6, 6.07) is 0.708. The van der Waals surface area contributed by atoms with E-state index in [0.29, 0.717) is 24.9 Å². The molecule has 0 unspecified atom stereocenters. The lowest BCUT2D eigenvalue weighted by Gasteiger charge is -2.30. The molecule has 0 radical (unpaired) electrons. The molecule has 136 valence electrons. The van der Waals surface area contributed by atoms with Crippen LogP contribution in [-0.4, -0.2) is 60.3 Å². The Morgan fingerprint density at radius 1 is 1.21 bits per heavy atom. The van der Waals surface area contributed by atoms with Crippen LogP contribution in [0.2, 0.25) is 0 Å². The highest BCUT2D eigenvalue weighted by Crippen LogP contribution is 2.42. The minimum absolute atomic E-state index is 0.222. The zero-order valence-electron chi connectivity index (χ0n) is 14.9. The first-order chi connectivity index (χ1) is 11.6. The van der Waals surface area contributed by atoms with Crippen LogP contribution in [0.5, 0.6) is 0 Å². The number of hydrogen-bond acceptors (Lipinski definition) is 4. The summed E-state index contributed by atoms with van der Waals surface area (Å²) in [5, 5.41) is 17.1. The van der Waals surface area contributed by atoms with Crippen LogP contribution in [0.25, 0.3) is 0 Å². The molecule has 2 saturated carbocycles. The third-order valence-corrected chi connectivity index (χ3v) is 7.26. The van der Waals surface area contributed by atoms with E-state index in [-0.39, 0.29) is 11.3 Å². The van der Waals surface area contributed by atoms with Crippen molar-refractivity contribution in [2.45, 2.75) is 69.4 Å². The van der Waals surface area contributed by atoms with Crippen molar-refractivity contribution in [1.82, 2.24) is 15.5 Å². The first kappa shape index (κ1) is 16.8. The van der Waals surface area contributed by atoms with Crippen molar-refractivity contribution in [3.8, 4) is 0 Å². The Labute approximate surface area is 145 Å². The summed E-state index contributed by atoms with van der Waals surface area (Å²) in [5.41, 5.74) is -0.759. The van der Waals surface area contributed by atoms with E-state index in [0.717, 1.165) is 51.9 Å². The molecule has 5 nitrogen and oxygen atoms in total. The average Bonchev–Trinajstić information content (AvgIpc) is 3.30. The molecule has 0 aromatic carbocycles. The smallest absolute Gasteiger partial charge is 0.229 e. The molecule has 4 aliphatic rings. The lowest BCUT2D eigenvalue weighted by atomic mass is 9.80. The molecule has 24 heavy (non-hydrogen) atoms. The molecule has 0 aromatic heterocycles. The van der Waals surface area contributed by atoms with Gasteiger partial charge in [0, 0.05) is 44.7 Å². The summed E-state index contributed by atoms with van der Waals surface area (Å²) in [4.78, 5) is 15.6. The Balaban J connectivity index is 1.35. The van der Waals surface area contributed by atoms with E-state index in [1.54, 1.807) is 0 Å². The van der Waals surface area contributed by atoms with Crippen LogP contribution in [0, 0.1) is 11.3 Å². The Morgan fingerprint density at radius 3 is 2.71 bits per heavy atom. The van der Waals surface area contributed by atoms with E-state index in [2.05, 4.69) is 15.5 Å². The van der Waals surface area contributed by atoms with Gasteiger partial charge in [-0.1, -0.05) is 25.7 Å². The van der Waals surface area contributed by atoms with Gasteiger partial charge < -0.3 is 15.7 Å². The topological polar surface area (TPSA) is 64.6 Å². The molecule has 4 rings (SSSR count). The standard InChI is InChI=1S/C19H33N3O2/c23-17(21-10-9-18(24)7-3-4-8-18)19-13-20-11-15(19)12-22(14-19)16-5-1-2-6-16/h15-16,20,24H,1-14H2,(H,21,23)/t15-,19-/m1/s1. The zero-order valence-corrected chi connectivity index (χ0v) is 14.9. The molecule has 3 N–H and O–H groups in total. The molecular weight excluding hydrogens is 302 g/mol. The summed E-state index contributed by atoms with van der Waals surface area (Å²) in [7, 11) is 0. The summed E-state index contributed by atoms with van der Waals surface area (Å²) in [5.74, 6) is 0.673. The number of nitrogens with one attached hydrogen (secondary N) is 2. The van der Waals surface area contributed by atoms with Gasteiger partial charge in [0.2, 0.25) is 5.91 Å². The van der Waals surface area contributed by atoms with Gasteiger partial charge in [0.1, 0.15) is 0 Å². The normalized spacial score (nSPS) is 36.3.